The van der Waals surface area contributed by atoms with E-state index in [-0.39, 0.29) is 19.8 Å². The lowest BCUT2D eigenvalue weighted by Crippen LogP contribution is -2.47. The van der Waals surface area contributed by atoms with Gasteiger partial charge < -0.3 is 14.2 Å². The average molecular weight is 387 g/mol. The minimum Gasteiger partial charge on any atom is -0.459 e. The van der Waals surface area contributed by atoms with Crippen molar-refractivity contribution in [1.82, 2.24) is 4.90 Å². The number of carbonyl (C=O) groups is 2. The summed E-state index contributed by atoms with van der Waals surface area (Å²) in [6.45, 7) is -0.246. The fourth-order valence-electron chi connectivity index (χ4n) is 3.12. The van der Waals surface area contributed by atoms with Crippen LogP contribution >= 0.6 is 0 Å². The smallest absolute Gasteiger partial charge is 0.411 e. The van der Waals surface area contributed by atoms with E-state index in [9.17, 15) is 14.0 Å². The van der Waals surface area contributed by atoms with Crippen molar-refractivity contribution in [3.05, 3.63) is 71.8 Å². The van der Waals surface area contributed by atoms with Crippen molar-refractivity contribution in [1.29, 1.82) is 0 Å². The van der Waals surface area contributed by atoms with Crippen LogP contribution in [0.4, 0.5) is 9.18 Å². The summed E-state index contributed by atoms with van der Waals surface area (Å²) in [7, 11) is 1.30. The standard InChI is InChI=1S/C21H22FNO5/c1-26-19-17(22)12-23(21(25)28-14-16-10-6-3-7-11-16)18(19)20(24)27-13-15-8-4-2-5-9-15/h2-11,17-19H,12-14H2,1H3/t17-,18+,19+/m0/s1. The van der Waals surface area contributed by atoms with Gasteiger partial charge in [0.15, 0.2) is 6.04 Å². The third-order valence-electron chi connectivity index (χ3n) is 4.55. The maximum atomic E-state index is 14.4. The van der Waals surface area contributed by atoms with E-state index in [1.807, 2.05) is 36.4 Å². The van der Waals surface area contributed by atoms with Crippen LogP contribution in [0, 0.1) is 0 Å². The SMILES string of the molecule is CO[C@@H]1[C@@H](F)CN(C(=O)OCc2ccccc2)[C@H]1C(=O)OCc1ccccc1. The number of halogens is 1. The maximum absolute atomic E-state index is 14.4. The number of amides is 1. The molecular formula is C21H22FNO5. The molecule has 0 aromatic heterocycles. The number of carbonyl (C=O) groups excluding carboxylic acids is 2. The Bertz CT molecular complexity index is 786. The molecule has 1 aliphatic heterocycles. The van der Waals surface area contributed by atoms with Gasteiger partial charge in [-0.3, -0.25) is 4.90 Å². The van der Waals surface area contributed by atoms with E-state index in [1.165, 1.54) is 7.11 Å². The van der Waals surface area contributed by atoms with Gasteiger partial charge in [-0.1, -0.05) is 60.7 Å². The lowest BCUT2D eigenvalue weighted by molar-refractivity contribution is -0.153. The largest absolute Gasteiger partial charge is 0.459 e. The molecule has 0 radical (unpaired) electrons. The lowest BCUT2D eigenvalue weighted by Gasteiger charge is -2.25. The van der Waals surface area contributed by atoms with Crippen molar-refractivity contribution in [3.8, 4) is 0 Å². The fourth-order valence-corrected chi connectivity index (χ4v) is 3.12. The number of methoxy groups -OCH3 is 1. The Kier molecular flexibility index (Phi) is 6.60. The molecular weight excluding hydrogens is 365 g/mol. The van der Waals surface area contributed by atoms with Crippen molar-refractivity contribution in [2.75, 3.05) is 13.7 Å². The second-order valence-corrected chi connectivity index (χ2v) is 6.45. The Morgan fingerprint density at radius 1 is 0.964 bits per heavy atom. The molecule has 0 N–H and O–H groups in total. The van der Waals surface area contributed by atoms with Gasteiger partial charge in [-0.2, -0.15) is 0 Å². The number of benzene rings is 2. The first-order valence-electron chi connectivity index (χ1n) is 8.95. The summed E-state index contributed by atoms with van der Waals surface area (Å²) >= 11 is 0. The van der Waals surface area contributed by atoms with Gasteiger partial charge >= 0.3 is 12.1 Å². The molecule has 0 unspecified atom stereocenters. The molecule has 0 spiro atoms. The van der Waals surface area contributed by atoms with Gasteiger partial charge in [0.25, 0.3) is 0 Å². The van der Waals surface area contributed by atoms with Crippen molar-refractivity contribution >= 4 is 12.1 Å². The zero-order chi connectivity index (χ0) is 19.9. The molecule has 3 rings (SSSR count). The first-order chi connectivity index (χ1) is 13.6. The summed E-state index contributed by atoms with van der Waals surface area (Å²) in [5.41, 5.74) is 1.58. The Morgan fingerprint density at radius 2 is 1.50 bits per heavy atom. The molecule has 1 aliphatic rings. The maximum Gasteiger partial charge on any atom is 0.411 e. The Hall–Kier alpha value is -2.93. The predicted molar refractivity (Wildman–Crippen MR) is 99.1 cm³/mol. The molecule has 2 aromatic carbocycles. The highest BCUT2D eigenvalue weighted by atomic mass is 19.1. The van der Waals surface area contributed by atoms with Crippen LogP contribution in [-0.2, 0) is 32.2 Å². The van der Waals surface area contributed by atoms with Crippen LogP contribution in [0.3, 0.4) is 0 Å². The summed E-state index contributed by atoms with van der Waals surface area (Å²) in [5.74, 6) is -0.729. The summed E-state index contributed by atoms with van der Waals surface area (Å²) < 4.78 is 30.0. The van der Waals surface area contributed by atoms with Crippen LogP contribution < -0.4 is 0 Å². The third kappa shape index (κ3) is 4.67. The van der Waals surface area contributed by atoms with Gasteiger partial charge in [-0.15, -0.1) is 0 Å². The highest BCUT2D eigenvalue weighted by Crippen LogP contribution is 2.26. The predicted octanol–water partition coefficient (Wildman–Crippen LogP) is 3.10. The van der Waals surface area contributed by atoms with E-state index >= 15 is 0 Å². The van der Waals surface area contributed by atoms with Gasteiger partial charge in [-0.05, 0) is 11.1 Å². The number of hydrogen-bond acceptors (Lipinski definition) is 5. The van der Waals surface area contributed by atoms with Crippen LogP contribution in [0.2, 0.25) is 0 Å². The zero-order valence-corrected chi connectivity index (χ0v) is 15.5. The normalized spacial score (nSPS) is 21.4. The van der Waals surface area contributed by atoms with Gasteiger partial charge in [0.05, 0.1) is 6.54 Å². The molecule has 1 heterocycles. The molecule has 7 heteroatoms. The quantitative estimate of drug-likeness (QED) is 0.713. The molecule has 1 amide bonds. The van der Waals surface area contributed by atoms with Crippen LogP contribution in [0.25, 0.3) is 0 Å². The molecule has 1 fully saturated rings. The Morgan fingerprint density at radius 3 is 2.04 bits per heavy atom. The van der Waals surface area contributed by atoms with Crippen LogP contribution in [0.5, 0.6) is 0 Å². The monoisotopic (exact) mass is 387 g/mol. The van der Waals surface area contributed by atoms with E-state index in [0.29, 0.717) is 0 Å². The Labute approximate surface area is 162 Å². The minimum atomic E-state index is -1.51. The molecule has 0 aliphatic carbocycles. The summed E-state index contributed by atoms with van der Waals surface area (Å²) in [4.78, 5) is 26.1. The van der Waals surface area contributed by atoms with E-state index in [4.69, 9.17) is 14.2 Å². The topological polar surface area (TPSA) is 65.1 Å². The van der Waals surface area contributed by atoms with Gasteiger partial charge in [0, 0.05) is 7.11 Å². The minimum absolute atomic E-state index is 0.0243. The van der Waals surface area contributed by atoms with Gasteiger partial charge in [0.1, 0.15) is 25.5 Å². The summed E-state index contributed by atoms with van der Waals surface area (Å²) in [6.07, 6.45) is -3.40. The second-order valence-electron chi connectivity index (χ2n) is 6.45. The average Bonchev–Trinajstić information content (AvgIpc) is 3.08. The van der Waals surface area contributed by atoms with E-state index in [1.54, 1.807) is 24.3 Å². The first-order valence-corrected chi connectivity index (χ1v) is 8.95. The number of alkyl halides is 1. The van der Waals surface area contributed by atoms with Gasteiger partial charge in [0.2, 0.25) is 0 Å². The number of nitrogens with zero attached hydrogens (tertiary/aromatic N) is 1. The van der Waals surface area contributed by atoms with Crippen molar-refractivity contribution in [3.63, 3.8) is 0 Å². The summed E-state index contributed by atoms with van der Waals surface area (Å²) in [5, 5.41) is 0. The fraction of sp³-hybridized carbons (Fsp3) is 0.333. The molecule has 0 saturated carbocycles. The van der Waals surface area contributed by atoms with Crippen LogP contribution in [-0.4, -0.2) is 48.9 Å². The lowest BCUT2D eigenvalue weighted by atomic mass is 10.1. The van der Waals surface area contributed by atoms with E-state index in [2.05, 4.69) is 0 Å². The summed E-state index contributed by atoms with van der Waals surface area (Å²) in [6, 6.07) is 17.0. The van der Waals surface area contributed by atoms with Crippen LogP contribution in [0.1, 0.15) is 11.1 Å². The molecule has 3 atom stereocenters. The first kappa shape index (κ1) is 19.8. The molecule has 28 heavy (non-hydrogen) atoms. The van der Waals surface area contributed by atoms with Crippen molar-refractivity contribution < 1.29 is 28.2 Å². The molecule has 6 nitrogen and oxygen atoms in total. The van der Waals surface area contributed by atoms with Gasteiger partial charge in [-0.25, -0.2) is 14.0 Å². The molecule has 148 valence electrons. The number of rotatable bonds is 6. The number of hydrogen-bond donors (Lipinski definition) is 0. The van der Waals surface area contributed by atoms with E-state index < -0.39 is 30.4 Å². The molecule has 0 bridgehead atoms. The van der Waals surface area contributed by atoms with E-state index in [0.717, 1.165) is 16.0 Å². The second kappa shape index (κ2) is 9.32. The number of esters is 1. The number of ether oxygens (including phenoxy) is 3. The third-order valence-corrected chi connectivity index (χ3v) is 4.55. The van der Waals surface area contributed by atoms with Crippen molar-refractivity contribution in [2.45, 2.75) is 31.5 Å². The molecule has 1 saturated heterocycles. The highest BCUT2D eigenvalue weighted by Gasteiger charge is 2.50. The Balaban J connectivity index is 1.66. The zero-order valence-electron chi connectivity index (χ0n) is 15.5. The highest BCUT2D eigenvalue weighted by molar-refractivity contribution is 5.83. The molecule has 2 aromatic rings. The van der Waals surface area contributed by atoms with Crippen molar-refractivity contribution in [2.24, 2.45) is 0 Å². The number of likely N-dealkylation sites (tertiary alicyclic amines) is 1. The van der Waals surface area contributed by atoms with Crippen LogP contribution in [0.15, 0.2) is 60.7 Å².